The number of carbonyl (C=O) groups excluding carboxylic acids is 1. The molecule has 0 aromatic rings. The van der Waals surface area contributed by atoms with E-state index in [4.69, 9.17) is 4.74 Å². The fourth-order valence-corrected chi connectivity index (χ4v) is 8.31. The molecule has 0 saturated heterocycles. The number of fused-ring (bicyclic) bond motifs is 3. The van der Waals surface area contributed by atoms with E-state index < -0.39 is 17.6 Å². The molecule has 0 aromatic heterocycles. The van der Waals surface area contributed by atoms with Crippen molar-refractivity contribution in [1.29, 1.82) is 0 Å². The molecular formula is C22H36O4. The van der Waals surface area contributed by atoms with Gasteiger partial charge >= 0.3 is 5.97 Å². The molecule has 1 spiro atoms. The van der Waals surface area contributed by atoms with Crippen molar-refractivity contribution in [3.8, 4) is 0 Å². The molecule has 4 saturated carbocycles. The van der Waals surface area contributed by atoms with Crippen LogP contribution in [-0.2, 0) is 9.53 Å². The van der Waals surface area contributed by atoms with Crippen LogP contribution in [0.25, 0.3) is 0 Å². The summed E-state index contributed by atoms with van der Waals surface area (Å²) in [7, 11) is 0. The molecular weight excluding hydrogens is 328 g/mol. The molecule has 0 aliphatic heterocycles. The Hall–Kier alpha value is -0.610. The average Bonchev–Trinajstić information content (AvgIpc) is 2.72. The summed E-state index contributed by atoms with van der Waals surface area (Å²) in [5.41, 5.74) is -0.666. The van der Waals surface area contributed by atoms with Crippen LogP contribution < -0.4 is 0 Å². The van der Waals surface area contributed by atoms with Crippen molar-refractivity contribution in [2.45, 2.75) is 91.3 Å². The quantitative estimate of drug-likeness (QED) is 0.734. The lowest BCUT2D eigenvalue weighted by Crippen LogP contribution is -2.60. The number of hydrogen-bond acceptors (Lipinski definition) is 4. The second-order valence-corrected chi connectivity index (χ2v) is 10.6. The van der Waals surface area contributed by atoms with Crippen LogP contribution in [0.15, 0.2) is 0 Å². The highest BCUT2D eigenvalue weighted by atomic mass is 16.5. The van der Waals surface area contributed by atoms with Crippen LogP contribution in [-0.4, -0.2) is 35.0 Å². The SMILES string of the molecule is CCOC(=O)[C@]1(C)CCC[C@@]2(C)[C@@H]3CC[C@@]4(C)C[C@]3(CC[C@@H]21)[C@@H](O)[C@H]4O. The Kier molecular flexibility index (Phi) is 4.11. The monoisotopic (exact) mass is 364 g/mol. The molecule has 0 radical (unpaired) electrons. The van der Waals surface area contributed by atoms with E-state index in [1.165, 1.54) is 0 Å². The largest absolute Gasteiger partial charge is 0.466 e. The summed E-state index contributed by atoms with van der Waals surface area (Å²) in [5, 5.41) is 21.9. The van der Waals surface area contributed by atoms with Crippen molar-refractivity contribution in [2.75, 3.05) is 6.61 Å². The van der Waals surface area contributed by atoms with Gasteiger partial charge in [-0.3, -0.25) is 4.79 Å². The van der Waals surface area contributed by atoms with Gasteiger partial charge in [-0.15, -0.1) is 0 Å². The molecule has 148 valence electrons. The van der Waals surface area contributed by atoms with Crippen LogP contribution in [0, 0.1) is 33.5 Å². The Labute approximate surface area is 157 Å². The fourth-order valence-electron chi connectivity index (χ4n) is 8.31. The summed E-state index contributed by atoms with van der Waals surface area (Å²) >= 11 is 0. The Bertz CT molecular complexity index is 605. The van der Waals surface area contributed by atoms with Crippen LogP contribution in [0.4, 0.5) is 0 Å². The van der Waals surface area contributed by atoms with Gasteiger partial charge < -0.3 is 14.9 Å². The smallest absolute Gasteiger partial charge is 0.312 e. The highest BCUT2D eigenvalue weighted by Crippen LogP contribution is 2.73. The number of carbonyl (C=O) groups is 1. The molecule has 4 aliphatic rings. The third-order valence-corrected chi connectivity index (χ3v) is 9.45. The molecule has 2 bridgehead atoms. The third kappa shape index (κ3) is 2.12. The van der Waals surface area contributed by atoms with E-state index in [1.54, 1.807) is 0 Å². The first kappa shape index (κ1) is 18.7. The Morgan fingerprint density at radius 3 is 2.38 bits per heavy atom. The Morgan fingerprint density at radius 2 is 1.69 bits per heavy atom. The standard InChI is InChI=1S/C22H36O4/c1-5-26-18(25)21(4)10-6-9-20(3)14(21)8-12-22-13-19(2,11-7-15(20)22)16(23)17(22)24/h14-17,23-24H,5-13H2,1-4H3/t14-,15-,16+,17-,19-,20+,21+,22-/m0/s1. The summed E-state index contributed by atoms with van der Waals surface area (Å²) in [4.78, 5) is 12.9. The van der Waals surface area contributed by atoms with Gasteiger partial charge in [-0.1, -0.05) is 20.3 Å². The molecule has 4 nitrogen and oxygen atoms in total. The molecule has 0 heterocycles. The van der Waals surface area contributed by atoms with Crippen molar-refractivity contribution in [3.63, 3.8) is 0 Å². The van der Waals surface area contributed by atoms with Gasteiger partial charge in [-0.2, -0.15) is 0 Å². The van der Waals surface area contributed by atoms with Gasteiger partial charge in [0.05, 0.1) is 24.2 Å². The summed E-state index contributed by atoms with van der Waals surface area (Å²) < 4.78 is 5.50. The first-order valence-electron chi connectivity index (χ1n) is 10.7. The number of ether oxygens (including phenoxy) is 1. The summed E-state index contributed by atoms with van der Waals surface area (Å²) in [6.07, 6.45) is 6.74. The van der Waals surface area contributed by atoms with Crippen LogP contribution in [0.5, 0.6) is 0 Å². The van der Waals surface area contributed by atoms with E-state index in [-0.39, 0.29) is 22.2 Å². The molecule has 0 aromatic carbocycles. The van der Waals surface area contributed by atoms with Crippen LogP contribution >= 0.6 is 0 Å². The van der Waals surface area contributed by atoms with Crippen molar-refractivity contribution >= 4 is 5.97 Å². The van der Waals surface area contributed by atoms with Gasteiger partial charge in [0.25, 0.3) is 0 Å². The third-order valence-electron chi connectivity index (χ3n) is 9.45. The van der Waals surface area contributed by atoms with Gasteiger partial charge in [0.1, 0.15) is 0 Å². The van der Waals surface area contributed by atoms with E-state index in [0.29, 0.717) is 18.4 Å². The van der Waals surface area contributed by atoms with E-state index >= 15 is 0 Å². The lowest BCUT2D eigenvalue weighted by atomic mass is 9.40. The zero-order valence-corrected chi connectivity index (χ0v) is 16.9. The normalized spacial score (nSPS) is 55.8. The van der Waals surface area contributed by atoms with E-state index in [2.05, 4.69) is 20.8 Å². The van der Waals surface area contributed by atoms with Crippen molar-refractivity contribution in [3.05, 3.63) is 0 Å². The van der Waals surface area contributed by atoms with Crippen LogP contribution in [0.3, 0.4) is 0 Å². The first-order valence-corrected chi connectivity index (χ1v) is 10.7. The number of rotatable bonds is 2. The lowest BCUT2D eigenvalue weighted by Gasteiger charge is -2.64. The minimum Gasteiger partial charge on any atom is -0.466 e. The molecule has 8 atom stereocenters. The minimum atomic E-state index is -0.617. The van der Waals surface area contributed by atoms with E-state index in [0.717, 1.165) is 51.4 Å². The molecule has 4 heteroatoms. The van der Waals surface area contributed by atoms with E-state index in [1.807, 2.05) is 6.92 Å². The predicted octanol–water partition coefficient (Wildman–Crippen LogP) is 3.68. The predicted molar refractivity (Wildman–Crippen MR) is 99.3 cm³/mol. The van der Waals surface area contributed by atoms with Gasteiger partial charge in [-0.05, 0) is 81.5 Å². The Balaban J connectivity index is 1.73. The maximum Gasteiger partial charge on any atom is 0.312 e. The lowest BCUT2D eigenvalue weighted by molar-refractivity contribution is -0.197. The first-order chi connectivity index (χ1) is 12.1. The van der Waals surface area contributed by atoms with Crippen LogP contribution in [0.2, 0.25) is 0 Å². The van der Waals surface area contributed by atoms with Crippen LogP contribution in [0.1, 0.15) is 79.1 Å². The Morgan fingerprint density at radius 1 is 1.00 bits per heavy atom. The zero-order chi connectivity index (χ0) is 19.0. The molecule has 0 amide bonds. The van der Waals surface area contributed by atoms with Gasteiger partial charge in [0.15, 0.2) is 0 Å². The second kappa shape index (κ2) is 5.70. The molecule has 0 unspecified atom stereocenters. The summed E-state index contributed by atoms with van der Waals surface area (Å²) in [6, 6.07) is 0. The van der Waals surface area contributed by atoms with Gasteiger partial charge in [-0.25, -0.2) is 0 Å². The summed E-state index contributed by atoms with van der Waals surface area (Å²) in [5.74, 6) is 0.676. The molecule has 2 N–H and O–H groups in total. The maximum absolute atomic E-state index is 12.9. The van der Waals surface area contributed by atoms with Crippen molar-refractivity contribution in [2.24, 2.45) is 33.5 Å². The average molecular weight is 365 g/mol. The number of aliphatic hydroxyl groups is 2. The topological polar surface area (TPSA) is 66.8 Å². The molecule has 4 rings (SSSR count). The summed E-state index contributed by atoms with van der Waals surface area (Å²) in [6.45, 7) is 8.98. The van der Waals surface area contributed by atoms with Crippen molar-refractivity contribution < 1.29 is 19.7 Å². The minimum absolute atomic E-state index is 0.0282. The van der Waals surface area contributed by atoms with E-state index in [9.17, 15) is 15.0 Å². The molecule has 4 aliphatic carbocycles. The molecule has 4 fully saturated rings. The second-order valence-electron chi connectivity index (χ2n) is 10.6. The maximum atomic E-state index is 12.9. The molecule has 26 heavy (non-hydrogen) atoms. The fraction of sp³-hybridized carbons (Fsp3) is 0.955. The highest BCUT2D eigenvalue weighted by molar-refractivity contribution is 5.77. The zero-order valence-electron chi connectivity index (χ0n) is 16.9. The van der Waals surface area contributed by atoms with Gasteiger partial charge in [0, 0.05) is 5.41 Å². The number of aliphatic hydroxyl groups excluding tert-OH is 2. The van der Waals surface area contributed by atoms with Crippen molar-refractivity contribution in [1.82, 2.24) is 0 Å². The number of esters is 1. The highest BCUT2D eigenvalue weighted by Gasteiger charge is 2.71. The van der Waals surface area contributed by atoms with Gasteiger partial charge in [0.2, 0.25) is 0 Å². The number of hydrogen-bond donors (Lipinski definition) is 2.